The van der Waals surface area contributed by atoms with Gasteiger partial charge >= 0.3 is 12.1 Å². The minimum Gasteiger partial charge on any atom is -0.496 e. The number of hydrogen-bond donors (Lipinski definition) is 3. The average molecular weight is 385 g/mol. The highest BCUT2D eigenvalue weighted by Crippen LogP contribution is 2.24. The largest absolute Gasteiger partial charge is 0.496 e. The van der Waals surface area contributed by atoms with Crippen LogP contribution in [0, 0.1) is 0 Å². The fraction of sp³-hybridized carbons (Fsp3) is 0.444. The topological polar surface area (TPSA) is 96.9 Å². The van der Waals surface area contributed by atoms with Gasteiger partial charge in [-0.25, -0.2) is 4.79 Å². The number of carbonyl (C=O) groups excluding carboxylic acids is 1. The van der Waals surface area contributed by atoms with Crippen molar-refractivity contribution in [3.63, 3.8) is 0 Å². The van der Waals surface area contributed by atoms with Crippen molar-refractivity contribution in [1.82, 2.24) is 10.6 Å². The maximum Gasteiger partial charge on any atom is 0.407 e. The molecule has 26 heavy (non-hydrogen) atoms. The van der Waals surface area contributed by atoms with Crippen molar-refractivity contribution in [2.45, 2.75) is 26.4 Å². The molecular weight excluding hydrogens is 360 g/mol. The summed E-state index contributed by atoms with van der Waals surface area (Å²) < 4.78 is 10.5. The molecule has 0 radical (unpaired) electrons. The molecule has 0 aliphatic heterocycles. The van der Waals surface area contributed by atoms with Crippen LogP contribution in [0.2, 0.25) is 5.02 Å². The first-order chi connectivity index (χ1) is 12.1. The molecule has 3 N–H and O–H groups in total. The van der Waals surface area contributed by atoms with E-state index in [1.54, 1.807) is 52.2 Å². The fourth-order valence-electron chi connectivity index (χ4n) is 2.03. The quantitative estimate of drug-likeness (QED) is 0.637. The second kappa shape index (κ2) is 10.0. The van der Waals surface area contributed by atoms with E-state index in [4.69, 9.17) is 26.2 Å². The van der Waals surface area contributed by atoms with Gasteiger partial charge in [-0.3, -0.25) is 4.79 Å². The molecule has 0 aromatic heterocycles. The molecule has 0 bridgehead atoms. The lowest BCUT2D eigenvalue weighted by Crippen LogP contribution is -2.35. The smallest absolute Gasteiger partial charge is 0.407 e. The van der Waals surface area contributed by atoms with Crippen LogP contribution in [0.5, 0.6) is 5.75 Å². The Labute approximate surface area is 158 Å². The highest BCUT2D eigenvalue weighted by Gasteiger charge is 2.16. The van der Waals surface area contributed by atoms with Gasteiger partial charge in [-0.05, 0) is 50.6 Å². The number of carboxylic acid groups (broad SMARTS) is 1. The maximum absolute atomic E-state index is 11.9. The zero-order valence-corrected chi connectivity index (χ0v) is 16.1. The Morgan fingerprint density at radius 3 is 2.50 bits per heavy atom. The van der Waals surface area contributed by atoms with Gasteiger partial charge in [-0.15, -0.1) is 0 Å². The SMILES string of the molecule is COc1ccc(Cl)cc1/C=C(\CNCC(=O)O)CNC(=O)OC(C)(C)C. The Bertz CT molecular complexity index is 668. The second-order valence-electron chi connectivity index (χ2n) is 6.54. The summed E-state index contributed by atoms with van der Waals surface area (Å²) in [4.78, 5) is 22.6. The molecule has 7 nitrogen and oxygen atoms in total. The Morgan fingerprint density at radius 2 is 1.92 bits per heavy atom. The van der Waals surface area contributed by atoms with E-state index in [-0.39, 0.29) is 19.6 Å². The first kappa shape index (κ1) is 21.8. The number of halogens is 1. The van der Waals surface area contributed by atoms with Gasteiger partial charge in [0.2, 0.25) is 0 Å². The molecule has 1 rings (SSSR count). The number of ether oxygens (including phenoxy) is 2. The second-order valence-corrected chi connectivity index (χ2v) is 6.98. The van der Waals surface area contributed by atoms with E-state index in [2.05, 4.69) is 10.6 Å². The van der Waals surface area contributed by atoms with Gasteiger partial charge in [0.05, 0.1) is 13.7 Å². The molecule has 0 heterocycles. The third-order valence-corrected chi connectivity index (χ3v) is 3.27. The number of carboxylic acids is 1. The zero-order valence-electron chi connectivity index (χ0n) is 15.4. The van der Waals surface area contributed by atoms with E-state index in [0.717, 1.165) is 11.1 Å². The standard InChI is InChI=1S/C18H25ClN2O5/c1-18(2,3)26-17(24)21-10-12(9-20-11-16(22)23)7-13-8-14(19)5-6-15(13)25-4/h5-8,20H,9-11H2,1-4H3,(H,21,24)(H,22,23)/b12-7+. The number of benzene rings is 1. The van der Waals surface area contributed by atoms with Crippen molar-refractivity contribution < 1.29 is 24.2 Å². The zero-order chi connectivity index (χ0) is 19.7. The summed E-state index contributed by atoms with van der Waals surface area (Å²) in [5.74, 6) is -0.354. The first-order valence-corrected chi connectivity index (χ1v) is 8.41. The summed E-state index contributed by atoms with van der Waals surface area (Å²) in [5, 5.41) is 14.8. The monoisotopic (exact) mass is 384 g/mol. The summed E-state index contributed by atoms with van der Waals surface area (Å²) in [7, 11) is 1.54. The molecular formula is C18H25ClN2O5. The van der Waals surface area contributed by atoms with Crippen molar-refractivity contribution in [1.29, 1.82) is 0 Å². The van der Waals surface area contributed by atoms with Crippen molar-refractivity contribution in [2.24, 2.45) is 0 Å². The van der Waals surface area contributed by atoms with E-state index in [0.29, 0.717) is 10.8 Å². The first-order valence-electron chi connectivity index (χ1n) is 8.03. The molecule has 1 aromatic rings. The summed E-state index contributed by atoms with van der Waals surface area (Å²) in [5.41, 5.74) is 0.849. The van der Waals surface area contributed by atoms with Gasteiger partial charge in [0.15, 0.2) is 0 Å². The predicted molar refractivity (Wildman–Crippen MR) is 101 cm³/mol. The van der Waals surface area contributed by atoms with Crippen LogP contribution in [0.3, 0.4) is 0 Å². The predicted octanol–water partition coefficient (Wildman–Crippen LogP) is 2.93. The molecule has 1 aromatic carbocycles. The molecule has 0 fully saturated rings. The number of alkyl carbamates (subject to hydrolysis) is 1. The molecule has 0 atom stereocenters. The van der Waals surface area contributed by atoms with Gasteiger partial charge in [0, 0.05) is 23.7 Å². The van der Waals surface area contributed by atoms with Crippen molar-refractivity contribution >= 4 is 29.7 Å². The average Bonchev–Trinajstić information content (AvgIpc) is 2.50. The highest BCUT2D eigenvalue weighted by atomic mass is 35.5. The Kier molecular flexibility index (Phi) is 8.41. The van der Waals surface area contributed by atoms with E-state index in [1.165, 1.54) is 0 Å². The molecule has 0 unspecified atom stereocenters. The Balaban J connectivity index is 2.92. The molecule has 0 aliphatic rings. The van der Waals surface area contributed by atoms with E-state index in [9.17, 15) is 9.59 Å². The molecule has 0 saturated heterocycles. The summed E-state index contributed by atoms with van der Waals surface area (Å²) >= 11 is 6.04. The minimum atomic E-state index is -0.968. The number of amides is 1. The van der Waals surface area contributed by atoms with Crippen LogP contribution in [0.1, 0.15) is 26.3 Å². The van der Waals surface area contributed by atoms with E-state index >= 15 is 0 Å². The van der Waals surface area contributed by atoms with Crippen molar-refractivity contribution in [3.05, 3.63) is 34.4 Å². The Morgan fingerprint density at radius 1 is 1.23 bits per heavy atom. The summed E-state index contributed by atoms with van der Waals surface area (Å²) in [6.07, 6.45) is 1.23. The number of nitrogens with one attached hydrogen (secondary N) is 2. The summed E-state index contributed by atoms with van der Waals surface area (Å²) in [6, 6.07) is 5.17. The lowest BCUT2D eigenvalue weighted by Gasteiger charge is -2.20. The van der Waals surface area contributed by atoms with Crippen molar-refractivity contribution in [3.8, 4) is 5.75 Å². The molecule has 8 heteroatoms. The summed E-state index contributed by atoms with van der Waals surface area (Å²) in [6.45, 7) is 5.56. The third kappa shape index (κ3) is 8.73. The lowest BCUT2D eigenvalue weighted by atomic mass is 10.1. The fourth-order valence-corrected chi connectivity index (χ4v) is 2.21. The lowest BCUT2D eigenvalue weighted by molar-refractivity contribution is -0.135. The van der Waals surface area contributed by atoms with E-state index in [1.807, 2.05) is 0 Å². The number of methoxy groups -OCH3 is 1. The van der Waals surface area contributed by atoms with Gasteiger partial charge < -0.3 is 25.2 Å². The number of hydrogen-bond acceptors (Lipinski definition) is 5. The van der Waals surface area contributed by atoms with Gasteiger partial charge in [-0.1, -0.05) is 11.6 Å². The molecule has 0 saturated carbocycles. The Hall–Kier alpha value is -2.25. The van der Waals surface area contributed by atoms with Gasteiger partial charge in [-0.2, -0.15) is 0 Å². The maximum atomic E-state index is 11.9. The molecule has 0 spiro atoms. The van der Waals surface area contributed by atoms with Crippen LogP contribution in [0.4, 0.5) is 4.79 Å². The van der Waals surface area contributed by atoms with Crippen LogP contribution in [0.15, 0.2) is 23.8 Å². The van der Waals surface area contributed by atoms with Crippen molar-refractivity contribution in [2.75, 3.05) is 26.7 Å². The van der Waals surface area contributed by atoms with E-state index < -0.39 is 17.7 Å². The number of aliphatic carboxylic acids is 1. The normalized spacial score (nSPS) is 11.8. The van der Waals surface area contributed by atoms with Gasteiger partial charge in [0.25, 0.3) is 0 Å². The highest BCUT2D eigenvalue weighted by molar-refractivity contribution is 6.30. The van der Waals surface area contributed by atoms with Crippen LogP contribution in [-0.2, 0) is 9.53 Å². The number of rotatable bonds is 8. The minimum absolute atomic E-state index is 0.178. The van der Waals surface area contributed by atoms with Crippen LogP contribution in [0.25, 0.3) is 6.08 Å². The third-order valence-electron chi connectivity index (χ3n) is 3.04. The van der Waals surface area contributed by atoms with Crippen LogP contribution >= 0.6 is 11.6 Å². The van der Waals surface area contributed by atoms with Crippen LogP contribution in [-0.4, -0.2) is 49.5 Å². The number of carbonyl (C=O) groups is 2. The van der Waals surface area contributed by atoms with Crippen LogP contribution < -0.4 is 15.4 Å². The van der Waals surface area contributed by atoms with Gasteiger partial charge in [0.1, 0.15) is 11.4 Å². The molecule has 0 aliphatic carbocycles. The molecule has 1 amide bonds. The molecule has 144 valence electrons.